The maximum absolute atomic E-state index is 11.4. The SMILES string of the molecule is C/C=C(\C#N)C(=O)N1CCCC1. The number of nitriles is 1. The Labute approximate surface area is 72.3 Å². The zero-order chi connectivity index (χ0) is 8.97. The number of allylic oxidation sites excluding steroid dienone is 1. The van der Waals surface area contributed by atoms with Gasteiger partial charge >= 0.3 is 0 Å². The van der Waals surface area contributed by atoms with E-state index in [4.69, 9.17) is 5.26 Å². The monoisotopic (exact) mass is 164 g/mol. The molecule has 0 radical (unpaired) electrons. The van der Waals surface area contributed by atoms with Crippen LogP contribution in [0.1, 0.15) is 19.8 Å². The number of amides is 1. The molecule has 1 aliphatic heterocycles. The average molecular weight is 164 g/mol. The van der Waals surface area contributed by atoms with Crippen molar-refractivity contribution in [1.82, 2.24) is 4.90 Å². The molecule has 3 heteroatoms. The predicted octanol–water partition coefficient (Wildman–Crippen LogP) is 1.08. The summed E-state index contributed by atoms with van der Waals surface area (Å²) in [7, 11) is 0. The van der Waals surface area contributed by atoms with E-state index in [9.17, 15) is 4.79 Å². The molecule has 1 amide bonds. The van der Waals surface area contributed by atoms with E-state index in [0.29, 0.717) is 0 Å². The summed E-state index contributed by atoms with van der Waals surface area (Å²) in [5.41, 5.74) is 0.261. The number of carbonyl (C=O) groups excluding carboxylic acids is 1. The lowest BCUT2D eigenvalue weighted by Crippen LogP contribution is -2.28. The normalized spacial score (nSPS) is 17.7. The molecule has 0 aliphatic carbocycles. The van der Waals surface area contributed by atoms with E-state index >= 15 is 0 Å². The first-order chi connectivity index (χ1) is 5.79. The van der Waals surface area contributed by atoms with E-state index in [1.54, 1.807) is 17.9 Å². The van der Waals surface area contributed by atoms with Crippen molar-refractivity contribution in [3.05, 3.63) is 11.6 Å². The lowest BCUT2D eigenvalue weighted by molar-refractivity contribution is -0.125. The Morgan fingerprint density at radius 1 is 1.50 bits per heavy atom. The summed E-state index contributed by atoms with van der Waals surface area (Å²) >= 11 is 0. The summed E-state index contributed by atoms with van der Waals surface area (Å²) in [6.07, 6.45) is 3.70. The molecular formula is C9H12N2O. The van der Waals surface area contributed by atoms with E-state index < -0.39 is 0 Å². The van der Waals surface area contributed by atoms with Crippen LogP contribution in [0.2, 0.25) is 0 Å². The van der Waals surface area contributed by atoms with Crippen molar-refractivity contribution in [3.63, 3.8) is 0 Å². The molecule has 1 heterocycles. The first-order valence-electron chi connectivity index (χ1n) is 4.15. The van der Waals surface area contributed by atoms with Crippen LogP contribution in [0.3, 0.4) is 0 Å². The van der Waals surface area contributed by atoms with Crippen molar-refractivity contribution in [2.75, 3.05) is 13.1 Å². The van der Waals surface area contributed by atoms with Crippen molar-refractivity contribution < 1.29 is 4.79 Å². The van der Waals surface area contributed by atoms with E-state index in [0.717, 1.165) is 25.9 Å². The van der Waals surface area contributed by atoms with Gasteiger partial charge in [0.25, 0.3) is 5.91 Å². The smallest absolute Gasteiger partial charge is 0.264 e. The number of carbonyl (C=O) groups is 1. The second kappa shape index (κ2) is 3.91. The fourth-order valence-electron chi connectivity index (χ4n) is 1.33. The Hall–Kier alpha value is -1.30. The van der Waals surface area contributed by atoms with Gasteiger partial charge in [0.15, 0.2) is 0 Å². The molecule has 0 spiro atoms. The van der Waals surface area contributed by atoms with Crippen LogP contribution in [0.4, 0.5) is 0 Å². The zero-order valence-corrected chi connectivity index (χ0v) is 7.21. The molecule has 12 heavy (non-hydrogen) atoms. The third-order valence-corrected chi connectivity index (χ3v) is 2.03. The van der Waals surface area contributed by atoms with Crippen molar-refractivity contribution in [1.29, 1.82) is 5.26 Å². The van der Waals surface area contributed by atoms with Crippen LogP contribution in [0.15, 0.2) is 11.6 Å². The van der Waals surface area contributed by atoms with Crippen LogP contribution in [-0.2, 0) is 4.79 Å². The molecule has 64 valence electrons. The Kier molecular flexibility index (Phi) is 2.87. The number of nitrogens with zero attached hydrogens (tertiary/aromatic N) is 2. The minimum atomic E-state index is -0.113. The minimum absolute atomic E-state index is 0.113. The predicted molar refractivity (Wildman–Crippen MR) is 45.2 cm³/mol. The lowest BCUT2D eigenvalue weighted by atomic mass is 10.2. The molecule has 0 aromatic rings. The van der Waals surface area contributed by atoms with Gasteiger partial charge in [0, 0.05) is 13.1 Å². The maximum Gasteiger partial charge on any atom is 0.264 e. The second-order valence-corrected chi connectivity index (χ2v) is 2.81. The quantitative estimate of drug-likeness (QED) is 0.430. The number of likely N-dealkylation sites (tertiary alicyclic amines) is 1. The summed E-state index contributed by atoms with van der Waals surface area (Å²) in [5.74, 6) is -0.113. The largest absolute Gasteiger partial charge is 0.338 e. The average Bonchev–Trinajstić information content (AvgIpc) is 2.58. The molecule has 1 rings (SSSR count). The molecule has 0 aromatic carbocycles. The van der Waals surface area contributed by atoms with Crippen molar-refractivity contribution in [2.24, 2.45) is 0 Å². The van der Waals surface area contributed by atoms with Crippen LogP contribution in [0, 0.1) is 11.3 Å². The Morgan fingerprint density at radius 2 is 2.08 bits per heavy atom. The fourth-order valence-corrected chi connectivity index (χ4v) is 1.33. The van der Waals surface area contributed by atoms with Gasteiger partial charge in [-0.3, -0.25) is 4.79 Å². The molecule has 3 nitrogen and oxygen atoms in total. The van der Waals surface area contributed by atoms with Gasteiger partial charge in [0.05, 0.1) is 0 Å². The van der Waals surface area contributed by atoms with Crippen LogP contribution in [0.25, 0.3) is 0 Å². The van der Waals surface area contributed by atoms with Gasteiger partial charge in [-0.2, -0.15) is 5.26 Å². The van der Waals surface area contributed by atoms with Crippen LogP contribution < -0.4 is 0 Å². The zero-order valence-electron chi connectivity index (χ0n) is 7.21. The van der Waals surface area contributed by atoms with Crippen LogP contribution in [0.5, 0.6) is 0 Å². The molecule has 0 saturated carbocycles. The van der Waals surface area contributed by atoms with Gasteiger partial charge < -0.3 is 4.90 Å². The van der Waals surface area contributed by atoms with Crippen molar-refractivity contribution in [2.45, 2.75) is 19.8 Å². The third kappa shape index (κ3) is 1.65. The van der Waals surface area contributed by atoms with Gasteiger partial charge in [0.1, 0.15) is 11.6 Å². The van der Waals surface area contributed by atoms with Gasteiger partial charge in [0.2, 0.25) is 0 Å². The van der Waals surface area contributed by atoms with Gasteiger partial charge in [-0.05, 0) is 19.8 Å². The number of hydrogen-bond donors (Lipinski definition) is 0. The van der Waals surface area contributed by atoms with Crippen molar-refractivity contribution >= 4 is 5.91 Å². The molecule has 1 aliphatic rings. The van der Waals surface area contributed by atoms with Gasteiger partial charge in [-0.15, -0.1) is 0 Å². The van der Waals surface area contributed by atoms with Crippen molar-refractivity contribution in [3.8, 4) is 6.07 Å². The van der Waals surface area contributed by atoms with E-state index in [-0.39, 0.29) is 11.5 Å². The molecule has 1 fully saturated rings. The lowest BCUT2D eigenvalue weighted by Gasteiger charge is -2.13. The molecule has 0 N–H and O–H groups in total. The van der Waals surface area contributed by atoms with Gasteiger partial charge in [-0.1, -0.05) is 6.08 Å². The summed E-state index contributed by atoms with van der Waals surface area (Å²) < 4.78 is 0. The highest BCUT2D eigenvalue weighted by atomic mass is 16.2. The Morgan fingerprint density at radius 3 is 2.50 bits per heavy atom. The standard InChI is InChI=1S/C9H12N2O/c1-2-8(7-10)9(12)11-5-3-4-6-11/h2H,3-6H2,1H3/b8-2+. The summed E-state index contributed by atoms with van der Waals surface area (Å²) in [4.78, 5) is 13.2. The molecule has 0 bridgehead atoms. The third-order valence-electron chi connectivity index (χ3n) is 2.03. The second-order valence-electron chi connectivity index (χ2n) is 2.81. The topological polar surface area (TPSA) is 44.1 Å². The molecule has 0 atom stereocenters. The molecule has 1 saturated heterocycles. The summed E-state index contributed by atoms with van der Waals surface area (Å²) in [6, 6.07) is 1.90. The maximum atomic E-state index is 11.4. The first-order valence-corrected chi connectivity index (χ1v) is 4.15. The number of rotatable bonds is 1. The fraction of sp³-hybridized carbons (Fsp3) is 0.556. The highest BCUT2D eigenvalue weighted by molar-refractivity contribution is 5.97. The molecule has 0 aromatic heterocycles. The Bertz CT molecular complexity index is 244. The number of hydrogen-bond acceptors (Lipinski definition) is 2. The first kappa shape index (κ1) is 8.79. The molecular weight excluding hydrogens is 152 g/mol. The van der Waals surface area contributed by atoms with E-state index in [1.807, 2.05) is 6.07 Å². The minimum Gasteiger partial charge on any atom is -0.338 e. The highest BCUT2D eigenvalue weighted by Crippen LogP contribution is 2.10. The Balaban J connectivity index is 2.64. The summed E-state index contributed by atoms with van der Waals surface area (Å²) in [5, 5.41) is 8.59. The highest BCUT2D eigenvalue weighted by Gasteiger charge is 2.20. The molecule has 0 unspecified atom stereocenters. The van der Waals surface area contributed by atoms with E-state index in [2.05, 4.69) is 0 Å². The summed E-state index contributed by atoms with van der Waals surface area (Å²) in [6.45, 7) is 3.32. The van der Waals surface area contributed by atoms with Gasteiger partial charge in [-0.25, -0.2) is 0 Å². The van der Waals surface area contributed by atoms with E-state index in [1.165, 1.54) is 0 Å². The van der Waals surface area contributed by atoms with Crippen LogP contribution >= 0.6 is 0 Å². The van der Waals surface area contributed by atoms with Crippen LogP contribution in [-0.4, -0.2) is 23.9 Å².